The first-order valence-corrected chi connectivity index (χ1v) is 10.0. The Balaban J connectivity index is 1.63. The Morgan fingerprint density at radius 2 is 1.84 bits per heavy atom. The number of rotatable bonds is 4. The molecule has 3 aromatic rings. The highest BCUT2D eigenvalue weighted by atomic mass is 19.1. The number of carbonyl (C=O) groups excluding carboxylic acids is 1. The van der Waals surface area contributed by atoms with Crippen LogP contribution < -0.4 is 16.0 Å². The first kappa shape index (κ1) is 20.9. The summed E-state index contributed by atoms with van der Waals surface area (Å²) < 4.78 is 29.0. The Hall–Kier alpha value is -3.36. The zero-order valence-electron chi connectivity index (χ0n) is 17.8. The topological polar surface area (TPSA) is 91.8 Å². The van der Waals surface area contributed by atoms with Gasteiger partial charge in [-0.3, -0.25) is 0 Å². The number of hydrogen-bond donors (Lipinski definition) is 3. The summed E-state index contributed by atoms with van der Waals surface area (Å²) in [7, 11) is 1.70. The Bertz CT molecular complexity index is 1170. The lowest BCUT2D eigenvalue weighted by Gasteiger charge is -2.42. The molecular weight excluding hydrogens is 402 g/mol. The predicted molar refractivity (Wildman–Crippen MR) is 116 cm³/mol. The van der Waals surface area contributed by atoms with Crippen LogP contribution in [0.15, 0.2) is 24.4 Å². The molecule has 3 N–H and O–H groups in total. The molecule has 9 heteroatoms. The maximum atomic E-state index is 14.7. The molecule has 0 radical (unpaired) electrons. The third-order valence-electron chi connectivity index (χ3n) is 5.51. The number of hydrogen-bond acceptors (Lipinski definition) is 5. The predicted octanol–water partition coefficient (Wildman–Crippen LogP) is 4.63. The van der Waals surface area contributed by atoms with Crippen molar-refractivity contribution in [3.63, 3.8) is 0 Å². The van der Waals surface area contributed by atoms with Crippen LogP contribution in [0.1, 0.15) is 32.4 Å². The largest absolute Gasteiger partial charge is 0.357 e. The van der Waals surface area contributed by atoms with Crippen molar-refractivity contribution in [2.45, 2.75) is 39.7 Å². The van der Waals surface area contributed by atoms with Crippen molar-refractivity contribution in [1.82, 2.24) is 20.3 Å². The van der Waals surface area contributed by atoms with E-state index >= 15 is 0 Å². The van der Waals surface area contributed by atoms with Gasteiger partial charge in [-0.25, -0.2) is 23.5 Å². The van der Waals surface area contributed by atoms with Crippen LogP contribution in [0.2, 0.25) is 0 Å². The van der Waals surface area contributed by atoms with E-state index in [-0.39, 0.29) is 22.7 Å². The normalized spacial score (nSPS) is 15.4. The molecule has 4 rings (SSSR count). The van der Waals surface area contributed by atoms with E-state index in [2.05, 4.69) is 44.7 Å². The number of pyridine rings is 1. The van der Waals surface area contributed by atoms with Gasteiger partial charge in [0.05, 0.1) is 5.69 Å². The van der Waals surface area contributed by atoms with Crippen molar-refractivity contribution in [3.05, 3.63) is 41.7 Å². The van der Waals surface area contributed by atoms with Gasteiger partial charge in [-0.2, -0.15) is 4.98 Å². The number of nitrogens with zero attached hydrogens (tertiary/aromatic N) is 3. The molecule has 1 aliphatic rings. The van der Waals surface area contributed by atoms with E-state index in [9.17, 15) is 13.6 Å². The van der Waals surface area contributed by atoms with Gasteiger partial charge < -0.3 is 16.0 Å². The molecule has 1 fully saturated rings. The molecular formula is C22H24F2N6O. The lowest BCUT2D eigenvalue weighted by atomic mass is 9.68. The van der Waals surface area contributed by atoms with Crippen LogP contribution in [0.4, 0.5) is 25.2 Å². The fraction of sp³-hybridized carbons (Fsp3) is 0.364. The van der Waals surface area contributed by atoms with Crippen molar-refractivity contribution in [3.8, 4) is 11.1 Å². The van der Waals surface area contributed by atoms with Crippen LogP contribution in [0.25, 0.3) is 22.2 Å². The molecule has 2 heterocycles. The molecule has 31 heavy (non-hydrogen) atoms. The van der Waals surface area contributed by atoms with Crippen molar-refractivity contribution in [2.75, 3.05) is 17.7 Å². The van der Waals surface area contributed by atoms with Crippen LogP contribution in [0, 0.1) is 24.0 Å². The number of halogens is 2. The molecule has 2 aromatic heterocycles. The maximum absolute atomic E-state index is 14.7. The highest BCUT2D eigenvalue weighted by Gasteiger charge is 2.36. The lowest BCUT2D eigenvalue weighted by molar-refractivity contribution is 0.132. The summed E-state index contributed by atoms with van der Waals surface area (Å²) in [5.41, 5.74) is 1.68. The van der Waals surface area contributed by atoms with E-state index in [1.807, 2.05) is 0 Å². The van der Waals surface area contributed by atoms with Gasteiger partial charge in [0.25, 0.3) is 0 Å². The molecule has 7 nitrogen and oxygen atoms in total. The van der Waals surface area contributed by atoms with Gasteiger partial charge in [-0.15, -0.1) is 0 Å². The van der Waals surface area contributed by atoms with Crippen molar-refractivity contribution >= 4 is 28.7 Å². The standard InChI is InChI=1S/C22H24F2N6O/c1-11-14(5-12-10-26-20(25-4)30-19(12)27-11)15-6-18(17(24)7-16(15)23)29-21(31)28-13-8-22(2,3)9-13/h5-7,10,13H,8-9H2,1-4H3,(H2,28,29,31)(H,25,26,27,30). The van der Waals surface area contributed by atoms with Crippen molar-refractivity contribution in [1.29, 1.82) is 0 Å². The number of nitrogens with one attached hydrogen (secondary N) is 3. The van der Waals surface area contributed by atoms with E-state index < -0.39 is 17.7 Å². The summed E-state index contributed by atoms with van der Waals surface area (Å²) in [5, 5.41) is 8.78. The van der Waals surface area contributed by atoms with Crippen molar-refractivity contribution in [2.24, 2.45) is 5.41 Å². The average molecular weight is 426 g/mol. The summed E-state index contributed by atoms with van der Waals surface area (Å²) in [6.07, 6.45) is 3.30. The first-order chi connectivity index (χ1) is 14.6. The minimum atomic E-state index is -0.848. The molecule has 0 saturated heterocycles. The van der Waals surface area contributed by atoms with E-state index in [1.54, 1.807) is 26.2 Å². The van der Waals surface area contributed by atoms with E-state index in [1.165, 1.54) is 6.07 Å². The molecule has 0 unspecified atom stereocenters. The Labute approximate surface area is 178 Å². The summed E-state index contributed by atoms with van der Waals surface area (Å²) in [6.45, 7) is 5.97. The van der Waals surface area contributed by atoms with Gasteiger partial charge in [0.15, 0.2) is 5.65 Å². The van der Waals surface area contributed by atoms with E-state index in [0.717, 1.165) is 18.9 Å². The summed E-state index contributed by atoms with van der Waals surface area (Å²) >= 11 is 0. The van der Waals surface area contributed by atoms with Gasteiger partial charge in [-0.05, 0) is 37.3 Å². The average Bonchev–Trinajstić information content (AvgIpc) is 2.68. The Morgan fingerprint density at radius 3 is 2.52 bits per heavy atom. The number of aromatic nitrogens is 3. The quantitative estimate of drug-likeness (QED) is 0.566. The van der Waals surface area contributed by atoms with Gasteiger partial charge in [0.2, 0.25) is 5.95 Å². The Kier molecular flexibility index (Phi) is 5.20. The second-order valence-corrected chi connectivity index (χ2v) is 8.66. The maximum Gasteiger partial charge on any atom is 0.319 e. The number of anilines is 2. The highest BCUT2D eigenvalue weighted by molar-refractivity contribution is 5.91. The van der Waals surface area contributed by atoms with Crippen LogP contribution in [-0.4, -0.2) is 34.1 Å². The number of benzene rings is 1. The molecule has 162 valence electrons. The van der Waals surface area contributed by atoms with Crippen LogP contribution >= 0.6 is 0 Å². The highest BCUT2D eigenvalue weighted by Crippen LogP contribution is 2.39. The second kappa shape index (κ2) is 7.72. The Morgan fingerprint density at radius 1 is 1.10 bits per heavy atom. The lowest BCUT2D eigenvalue weighted by Crippen LogP contribution is -2.49. The first-order valence-electron chi connectivity index (χ1n) is 10.0. The minimum Gasteiger partial charge on any atom is -0.357 e. The molecule has 1 aromatic carbocycles. The monoisotopic (exact) mass is 426 g/mol. The van der Waals surface area contributed by atoms with E-state index in [4.69, 9.17) is 0 Å². The summed E-state index contributed by atoms with van der Waals surface area (Å²) in [5.74, 6) is -1.17. The zero-order chi connectivity index (χ0) is 22.3. The number of fused-ring (bicyclic) bond motifs is 1. The van der Waals surface area contributed by atoms with Gasteiger partial charge >= 0.3 is 6.03 Å². The van der Waals surface area contributed by atoms with Crippen LogP contribution in [-0.2, 0) is 0 Å². The molecule has 1 aliphatic carbocycles. The van der Waals surface area contributed by atoms with Gasteiger partial charge in [0, 0.05) is 47.6 Å². The van der Waals surface area contributed by atoms with Crippen LogP contribution in [0.3, 0.4) is 0 Å². The SMILES string of the molecule is CNc1ncc2cc(-c3cc(NC(=O)NC4CC(C)(C)C4)c(F)cc3F)c(C)nc2n1. The van der Waals surface area contributed by atoms with E-state index in [0.29, 0.717) is 28.2 Å². The fourth-order valence-electron chi connectivity index (χ4n) is 4.02. The summed E-state index contributed by atoms with van der Waals surface area (Å²) in [6, 6.07) is 3.29. The minimum absolute atomic E-state index is 0.0485. The zero-order valence-corrected chi connectivity index (χ0v) is 17.8. The smallest absolute Gasteiger partial charge is 0.319 e. The number of carbonyl (C=O) groups is 1. The number of urea groups is 1. The fourth-order valence-corrected chi connectivity index (χ4v) is 4.02. The molecule has 2 amide bonds. The van der Waals surface area contributed by atoms with Crippen LogP contribution in [0.5, 0.6) is 0 Å². The number of aryl methyl sites for hydroxylation is 1. The molecule has 0 spiro atoms. The van der Waals surface area contributed by atoms with Gasteiger partial charge in [-0.1, -0.05) is 13.8 Å². The second-order valence-electron chi connectivity index (χ2n) is 8.66. The molecule has 0 aliphatic heterocycles. The third kappa shape index (κ3) is 4.26. The number of amides is 2. The molecule has 1 saturated carbocycles. The molecule has 0 atom stereocenters. The van der Waals surface area contributed by atoms with Crippen molar-refractivity contribution < 1.29 is 13.6 Å². The third-order valence-corrected chi connectivity index (χ3v) is 5.51. The summed E-state index contributed by atoms with van der Waals surface area (Å²) in [4.78, 5) is 25.2. The van der Waals surface area contributed by atoms with Gasteiger partial charge in [0.1, 0.15) is 11.6 Å². The molecule has 0 bridgehead atoms.